The predicted octanol–water partition coefficient (Wildman–Crippen LogP) is 1.61. The van der Waals surface area contributed by atoms with Crippen LogP contribution >= 0.6 is 0 Å². The van der Waals surface area contributed by atoms with Crippen molar-refractivity contribution in [3.05, 3.63) is 29.8 Å². The summed E-state index contributed by atoms with van der Waals surface area (Å²) >= 11 is 0. The smallest absolute Gasteiger partial charge is 0.244 e. The van der Waals surface area contributed by atoms with E-state index in [0.717, 1.165) is 12.1 Å². The van der Waals surface area contributed by atoms with E-state index in [0.29, 0.717) is 6.07 Å². The van der Waals surface area contributed by atoms with E-state index in [1.165, 1.54) is 6.92 Å². The average molecular weight is 277 g/mol. The Hall–Kier alpha value is -1.34. The Bertz CT molecular complexity index is 557. The molecule has 1 atom stereocenters. The molecule has 7 heteroatoms. The van der Waals surface area contributed by atoms with Gasteiger partial charge in [-0.1, -0.05) is 6.92 Å². The van der Waals surface area contributed by atoms with Crippen LogP contribution in [0, 0.1) is 11.6 Å². The number of halogens is 2. The van der Waals surface area contributed by atoms with E-state index in [4.69, 9.17) is 0 Å². The third kappa shape index (κ3) is 3.33. The number of nitrogens with one attached hydrogen (secondary N) is 1. The zero-order valence-corrected chi connectivity index (χ0v) is 10.7. The summed E-state index contributed by atoms with van der Waals surface area (Å²) in [6.07, 6.45) is 0.162. The van der Waals surface area contributed by atoms with Gasteiger partial charge in [-0.25, -0.2) is 21.9 Å². The lowest BCUT2D eigenvalue weighted by molar-refractivity contribution is -0.119. The second-order valence-electron chi connectivity index (χ2n) is 3.74. The summed E-state index contributed by atoms with van der Waals surface area (Å²) in [5.74, 6) is -2.39. The molecule has 0 saturated carbocycles. The normalized spacial score (nSPS) is 13.3. The maximum absolute atomic E-state index is 13.3. The number of hydrogen-bond donors (Lipinski definition) is 1. The molecule has 0 spiro atoms. The van der Waals surface area contributed by atoms with Gasteiger partial charge in [-0.3, -0.25) is 4.79 Å². The standard InChI is InChI=1S/C11H13F2NO3S/c1-3-10(15)7(2)14-18(16,17)11-5-4-8(12)6-9(11)13/h4-7,14H,3H2,1-2H3. The molecule has 0 saturated heterocycles. The van der Waals surface area contributed by atoms with Crippen LogP contribution in [0.5, 0.6) is 0 Å². The first-order valence-corrected chi connectivity index (χ1v) is 6.76. The maximum atomic E-state index is 13.3. The summed E-state index contributed by atoms with van der Waals surface area (Å²) < 4.78 is 51.6. The monoisotopic (exact) mass is 277 g/mol. The van der Waals surface area contributed by atoms with Gasteiger partial charge in [0.15, 0.2) is 0 Å². The number of hydrogen-bond acceptors (Lipinski definition) is 3. The fourth-order valence-corrected chi connectivity index (χ4v) is 2.65. The first kappa shape index (κ1) is 14.7. The molecule has 0 amide bonds. The molecular weight excluding hydrogens is 264 g/mol. The number of Topliss-reactive ketones (excluding diaryl/α,β-unsaturated/α-hetero) is 1. The van der Waals surface area contributed by atoms with Gasteiger partial charge in [0, 0.05) is 12.5 Å². The minimum Gasteiger partial charge on any atom is -0.298 e. The summed E-state index contributed by atoms with van der Waals surface area (Å²) in [5.41, 5.74) is 0. The van der Waals surface area contributed by atoms with Gasteiger partial charge in [0.1, 0.15) is 22.3 Å². The molecular formula is C11H13F2NO3S. The van der Waals surface area contributed by atoms with E-state index < -0.39 is 32.6 Å². The van der Waals surface area contributed by atoms with Crippen LogP contribution in [0.1, 0.15) is 20.3 Å². The third-order valence-electron chi connectivity index (χ3n) is 2.35. The Morgan fingerprint density at radius 1 is 1.39 bits per heavy atom. The van der Waals surface area contributed by atoms with E-state index in [2.05, 4.69) is 0 Å². The van der Waals surface area contributed by atoms with Gasteiger partial charge in [0.25, 0.3) is 0 Å². The second-order valence-corrected chi connectivity index (χ2v) is 5.42. The van der Waals surface area contributed by atoms with Crippen LogP contribution in [0.3, 0.4) is 0 Å². The van der Waals surface area contributed by atoms with Crippen molar-refractivity contribution in [3.63, 3.8) is 0 Å². The molecule has 4 nitrogen and oxygen atoms in total. The van der Waals surface area contributed by atoms with E-state index in [1.807, 2.05) is 4.72 Å². The number of rotatable bonds is 5. The zero-order chi connectivity index (χ0) is 13.9. The van der Waals surface area contributed by atoms with Crippen LogP contribution in [-0.4, -0.2) is 20.2 Å². The Morgan fingerprint density at radius 3 is 2.50 bits per heavy atom. The fourth-order valence-electron chi connectivity index (χ4n) is 1.36. The minimum atomic E-state index is -4.17. The van der Waals surface area contributed by atoms with Gasteiger partial charge in [-0.2, -0.15) is 0 Å². The van der Waals surface area contributed by atoms with Gasteiger partial charge in [-0.15, -0.1) is 0 Å². The molecule has 1 N–H and O–H groups in total. The largest absolute Gasteiger partial charge is 0.298 e. The highest BCUT2D eigenvalue weighted by Gasteiger charge is 2.24. The van der Waals surface area contributed by atoms with Gasteiger partial charge >= 0.3 is 0 Å². The summed E-state index contributed by atoms with van der Waals surface area (Å²) in [6, 6.07) is 1.17. The van der Waals surface area contributed by atoms with Crippen LogP contribution in [0.2, 0.25) is 0 Å². The van der Waals surface area contributed by atoms with Crippen molar-refractivity contribution in [3.8, 4) is 0 Å². The molecule has 1 aromatic carbocycles. The molecule has 18 heavy (non-hydrogen) atoms. The zero-order valence-electron chi connectivity index (χ0n) is 9.91. The van der Waals surface area contributed by atoms with Crippen LogP contribution in [-0.2, 0) is 14.8 Å². The lowest BCUT2D eigenvalue weighted by Gasteiger charge is -2.12. The molecule has 0 heterocycles. The summed E-state index contributed by atoms with van der Waals surface area (Å²) in [4.78, 5) is 10.6. The Kier molecular flexibility index (Phi) is 4.53. The summed E-state index contributed by atoms with van der Waals surface area (Å²) in [7, 11) is -4.17. The fraction of sp³-hybridized carbons (Fsp3) is 0.364. The van der Waals surface area contributed by atoms with Gasteiger partial charge in [0.05, 0.1) is 6.04 Å². The van der Waals surface area contributed by atoms with Crippen LogP contribution in [0.15, 0.2) is 23.1 Å². The van der Waals surface area contributed by atoms with E-state index in [-0.39, 0.29) is 12.2 Å². The second kappa shape index (κ2) is 5.53. The van der Waals surface area contributed by atoms with E-state index in [1.54, 1.807) is 6.92 Å². The van der Waals surface area contributed by atoms with E-state index >= 15 is 0 Å². The number of carbonyl (C=O) groups excluding carboxylic acids is 1. The van der Waals surface area contributed by atoms with Crippen molar-refractivity contribution in [1.29, 1.82) is 0 Å². The molecule has 1 unspecified atom stereocenters. The first-order valence-electron chi connectivity index (χ1n) is 5.28. The Labute approximate surface area is 104 Å². The third-order valence-corrected chi connectivity index (χ3v) is 3.92. The minimum absolute atomic E-state index is 0.162. The Balaban J connectivity index is 3.04. The number of sulfonamides is 1. The van der Waals surface area contributed by atoms with Crippen LogP contribution in [0.25, 0.3) is 0 Å². The molecule has 0 radical (unpaired) electrons. The molecule has 0 aliphatic carbocycles. The van der Waals surface area contributed by atoms with Crippen molar-refractivity contribution in [2.45, 2.75) is 31.2 Å². The molecule has 0 aliphatic rings. The number of carbonyl (C=O) groups is 1. The molecule has 0 bridgehead atoms. The van der Waals surface area contributed by atoms with Crippen molar-refractivity contribution < 1.29 is 22.0 Å². The molecule has 1 aromatic rings. The van der Waals surface area contributed by atoms with Crippen molar-refractivity contribution >= 4 is 15.8 Å². The van der Waals surface area contributed by atoms with Gasteiger partial charge < -0.3 is 0 Å². The number of ketones is 1. The van der Waals surface area contributed by atoms with Crippen molar-refractivity contribution in [1.82, 2.24) is 4.72 Å². The lowest BCUT2D eigenvalue weighted by Crippen LogP contribution is -2.38. The topological polar surface area (TPSA) is 63.2 Å². The van der Waals surface area contributed by atoms with Gasteiger partial charge in [-0.05, 0) is 19.1 Å². The van der Waals surface area contributed by atoms with Crippen LogP contribution < -0.4 is 4.72 Å². The SMILES string of the molecule is CCC(=O)C(C)NS(=O)(=O)c1ccc(F)cc1F. The molecule has 0 aromatic heterocycles. The average Bonchev–Trinajstić information content (AvgIpc) is 2.26. The summed E-state index contributed by atoms with van der Waals surface area (Å²) in [6.45, 7) is 2.95. The molecule has 100 valence electrons. The van der Waals surface area contributed by atoms with Gasteiger partial charge in [0.2, 0.25) is 10.0 Å². The van der Waals surface area contributed by atoms with Crippen LogP contribution in [0.4, 0.5) is 8.78 Å². The highest BCUT2D eigenvalue weighted by atomic mass is 32.2. The summed E-state index contributed by atoms with van der Waals surface area (Å²) in [5, 5.41) is 0. The number of benzene rings is 1. The van der Waals surface area contributed by atoms with E-state index in [9.17, 15) is 22.0 Å². The predicted molar refractivity (Wildman–Crippen MR) is 61.4 cm³/mol. The van der Waals surface area contributed by atoms with Crippen molar-refractivity contribution in [2.75, 3.05) is 0 Å². The highest BCUT2D eigenvalue weighted by Crippen LogP contribution is 2.15. The lowest BCUT2D eigenvalue weighted by atomic mass is 10.2. The molecule has 1 rings (SSSR count). The quantitative estimate of drug-likeness (QED) is 0.889. The molecule has 0 aliphatic heterocycles. The Morgan fingerprint density at radius 2 is 2.00 bits per heavy atom. The van der Waals surface area contributed by atoms with Crippen molar-refractivity contribution in [2.24, 2.45) is 0 Å². The first-order chi connectivity index (χ1) is 8.27. The highest BCUT2D eigenvalue weighted by molar-refractivity contribution is 7.89. The maximum Gasteiger partial charge on any atom is 0.244 e. The molecule has 0 fully saturated rings.